The molecule has 1 amide bonds. The first-order chi connectivity index (χ1) is 14.0. The normalized spacial score (nSPS) is 16.6. The van der Waals surface area contributed by atoms with Gasteiger partial charge in [-0.3, -0.25) is 10.1 Å². The summed E-state index contributed by atoms with van der Waals surface area (Å²) in [5, 5.41) is 6.48. The van der Waals surface area contributed by atoms with Crippen LogP contribution < -0.4 is 15.4 Å². The number of guanidine groups is 1. The zero-order chi connectivity index (χ0) is 20.8. The summed E-state index contributed by atoms with van der Waals surface area (Å²) in [6, 6.07) is 10.9. The molecule has 0 spiro atoms. The monoisotopic (exact) mass is 415 g/mol. The third-order valence-corrected chi connectivity index (χ3v) is 5.19. The predicted molar refractivity (Wildman–Crippen MR) is 116 cm³/mol. The van der Waals surface area contributed by atoms with Crippen molar-refractivity contribution in [3.63, 3.8) is 0 Å². The van der Waals surface area contributed by atoms with Crippen LogP contribution >= 0.6 is 11.6 Å². The van der Waals surface area contributed by atoms with Crippen LogP contribution in [0, 0.1) is 13.8 Å². The van der Waals surface area contributed by atoms with Gasteiger partial charge in [0.05, 0.1) is 24.8 Å². The molecule has 1 saturated heterocycles. The second-order valence-electron chi connectivity index (χ2n) is 7.05. The summed E-state index contributed by atoms with van der Waals surface area (Å²) in [4.78, 5) is 17.3. The number of aliphatic imine (C=N–C) groups is 1. The highest BCUT2D eigenvalue weighted by Gasteiger charge is 2.16. The molecule has 154 valence electrons. The van der Waals surface area contributed by atoms with Crippen molar-refractivity contribution in [1.82, 2.24) is 5.32 Å². The Morgan fingerprint density at radius 3 is 2.72 bits per heavy atom. The standard InChI is InChI=1S/C22H26ClN3O3/c1-14-6-7-16(11-15(14)2)21(27)26-22(24-13-18-5-4-10-29-18)25-17-8-9-20(28-3)19(23)12-17/h6-9,11-12,18H,4-5,10,13H2,1-3H3,(H2,24,25,26,27)/t18-/m1/s1. The van der Waals surface area contributed by atoms with E-state index in [4.69, 9.17) is 21.1 Å². The van der Waals surface area contributed by atoms with Crippen LogP contribution in [-0.2, 0) is 4.74 Å². The molecule has 3 rings (SSSR count). The summed E-state index contributed by atoms with van der Waals surface area (Å²) in [6.07, 6.45) is 2.08. The van der Waals surface area contributed by atoms with Gasteiger partial charge in [-0.05, 0) is 68.1 Å². The molecule has 1 heterocycles. The molecule has 1 aliphatic rings. The van der Waals surface area contributed by atoms with Crippen LogP contribution in [0.3, 0.4) is 0 Å². The summed E-state index contributed by atoms with van der Waals surface area (Å²) in [5.74, 6) is 0.700. The third kappa shape index (κ3) is 5.71. The van der Waals surface area contributed by atoms with Crippen molar-refractivity contribution in [3.8, 4) is 5.75 Å². The van der Waals surface area contributed by atoms with E-state index >= 15 is 0 Å². The zero-order valence-corrected chi connectivity index (χ0v) is 17.7. The summed E-state index contributed by atoms with van der Waals surface area (Å²) in [6.45, 7) is 5.22. The molecule has 2 aromatic rings. The number of amides is 1. The van der Waals surface area contributed by atoms with Gasteiger partial charge in [0.15, 0.2) is 0 Å². The maximum atomic E-state index is 12.8. The Morgan fingerprint density at radius 1 is 1.24 bits per heavy atom. The molecule has 6 nitrogen and oxygen atoms in total. The second kappa shape index (κ2) is 9.76. The molecular weight excluding hydrogens is 390 g/mol. The number of carbonyl (C=O) groups excluding carboxylic acids is 1. The van der Waals surface area contributed by atoms with Gasteiger partial charge in [-0.25, -0.2) is 4.99 Å². The van der Waals surface area contributed by atoms with Crippen molar-refractivity contribution in [2.75, 3.05) is 25.6 Å². The maximum Gasteiger partial charge on any atom is 0.257 e. The maximum absolute atomic E-state index is 12.8. The van der Waals surface area contributed by atoms with E-state index in [9.17, 15) is 4.79 Å². The number of carbonyl (C=O) groups is 1. The first-order valence-corrected chi connectivity index (χ1v) is 9.99. The molecule has 2 aromatic carbocycles. The van der Waals surface area contributed by atoms with Crippen LogP contribution in [0.25, 0.3) is 0 Å². The topological polar surface area (TPSA) is 71.9 Å². The number of nitrogens with zero attached hydrogens (tertiary/aromatic N) is 1. The quantitative estimate of drug-likeness (QED) is 0.562. The summed E-state index contributed by atoms with van der Waals surface area (Å²) in [7, 11) is 1.56. The Balaban J connectivity index is 1.78. The third-order valence-electron chi connectivity index (χ3n) is 4.89. The van der Waals surface area contributed by atoms with Crippen LogP contribution in [0.5, 0.6) is 5.75 Å². The molecule has 0 unspecified atom stereocenters. The zero-order valence-electron chi connectivity index (χ0n) is 16.9. The van der Waals surface area contributed by atoms with Gasteiger partial charge in [-0.1, -0.05) is 17.7 Å². The number of ether oxygens (including phenoxy) is 2. The summed E-state index contributed by atoms with van der Waals surface area (Å²) >= 11 is 6.22. The highest BCUT2D eigenvalue weighted by molar-refractivity contribution is 6.32. The molecule has 0 bridgehead atoms. The number of methoxy groups -OCH3 is 1. The number of rotatable bonds is 5. The first-order valence-electron chi connectivity index (χ1n) is 9.61. The Labute approximate surface area is 176 Å². The van der Waals surface area contributed by atoms with E-state index < -0.39 is 0 Å². The molecule has 29 heavy (non-hydrogen) atoms. The minimum absolute atomic E-state index is 0.0739. The molecule has 1 fully saturated rings. The van der Waals surface area contributed by atoms with Crippen molar-refractivity contribution < 1.29 is 14.3 Å². The second-order valence-corrected chi connectivity index (χ2v) is 7.46. The minimum Gasteiger partial charge on any atom is -0.495 e. The molecule has 0 radical (unpaired) electrons. The fourth-order valence-corrected chi connectivity index (χ4v) is 3.29. The SMILES string of the molecule is COc1ccc(NC(=NC[C@H]2CCCO2)NC(=O)c2ccc(C)c(C)c2)cc1Cl. The van der Waals surface area contributed by atoms with Crippen molar-refractivity contribution in [1.29, 1.82) is 0 Å². The van der Waals surface area contributed by atoms with Gasteiger partial charge in [0.1, 0.15) is 5.75 Å². The van der Waals surface area contributed by atoms with Crippen LogP contribution in [0.4, 0.5) is 5.69 Å². The van der Waals surface area contributed by atoms with Gasteiger partial charge in [0, 0.05) is 17.9 Å². The number of nitrogens with one attached hydrogen (secondary N) is 2. The molecule has 2 N–H and O–H groups in total. The average Bonchev–Trinajstić information content (AvgIpc) is 3.22. The van der Waals surface area contributed by atoms with E-state index in [1.54, 1.807) is 25.3 Å². The Bertz CT molecular complexity index is 908. The van der Waals surface area contributed by atoms with Gasteiger partial charge in [-0.15, -0.1) is 0 Å². The van der Waals surface area contributed by atoms with Crippen molar-refractivity contribution in [3.05, 3.63) is 58.1 Å². The van der Waals surface area contributed by atoms with E-state index in [0.717, 1.165) is 30.6 Å². The van der Waals surface area contributed by atoms with Crippen molar-refractivity contribution >= 4 is 29.2 Å². The van der Waals surface area contributed by atoms with Crippen molar-refractivity contribution in [2.45, 2.75) is 32.8 Å². The van der Waals surface area contributed by atoms with Gasteiger partial charge in [0.2, 0.25) is 5.96 Å². The largest absolute Gasteiger partial charge is 0.495 e. The average molecular weight is 416 g/mol. The lowest BCUT2D eigenvalue weighted by Gasteiger charge is -2.14. The lowest BCUT2D eigenvalue weighted by atomic mass is 10.1. The van der Waals surface area contributed by atoms with E-state index in [-0.39, 0.29) is 12.0 Å². The lowest BCUT2D eigenvalue weighted by molar-refractivity contribution is 0.0975. The Hall–Kier alpha value is -2.57. The van der Waals surface area contributed by atoms with Crippen LogP contribution in [0.1, 0.15) is 34.3 Å². The first kappa shape index (κ1) is 21.1. The smallest absolute Gasteiger partial charge is 0.257 e. The molecule has 0 aliphatic carbocycles. The highest BCUT2D eigenvalue weighted by atomic mass is 35.5. The van der Waals surface area contributed by atoms with Gasteiger partial charge in [0.25, 0.3) is 5.91 Å². The van der Waals surface area contributed by atoms with E-state index in [1.807, 2.05) is 32.0 Å². The Kier molecular flexibility index (Phi) is 7.12. The Morgan fingerprint density at radius 2 is 2.07 bits per heavy atom. The number of aryl methyl sites for hydroxylation is 2. The lowest BCUT2D eigenvalue weighted by Crippen LogP contribution is -2.36. The summed E-state index contributed by atoms with van der Waals surface area (Å²) in [5.41, 5.74) is 3.47. The summed E-state index contributed by atoms with van der Waals surface area (Å²) < 4.78 is 10.8. The molecule has 7 heteroatoms. The van der Waals surface area contributed by atoms with Crippen LogP contribution in [0.15, 0.2) is 41.4 Å². The predicted octanol–water partition coefficient (Wildman–Crippen LogP) is 4.34. The van der Waals surface area contributed by atoms with Gasteiger partial charge >= 0.3 is 0 Å². The molecule has 0 saturated carbocycles. The molecular formula is C22H26ClN3O3. The fourth-order valence-electron chi connectivity index (χ4n) is 3.03. The van der Waals surface area contributed by atoms with Crippen LogP contribution in [-0.4, -0.2) is 38.2 Å². The highest BCUT2D eigenvalue weighted by Crippen LogP contribution is 2.27. The minimum atomic E-state index is -0.230. The van der Waals surface area contributed by atoms with Gasteiger partial charge in [-0.2, -0.15) is 0 Å². The van der Waals surface area contributed by atoms with Gasteiger partial charge < -0.3 is 14.8 Å². The number of hydrogen-bond acceptors (Lipinski definition) is 4. The molecule has 1 atom stereocenters. The van der Waals surface area contributed by atoms with E-state index in [0.29, 0.717) is 34.5 Å². The molecule has 1 aliphatic heterocycles. The number of benzene rings is 2. The van der Waals surface area contributed by atoms with E-state index in [2.05, 4.69) is 15.6 Å². The van der Waals surface area contributed by atoms with E-state index in [1.165, 1.54) is 0 Å². The van der Waals surface area contributed by atoms with Crippen LogP contribution in [0.2, 0.25) is 5.02 Å². The molecule has 0 aromatic heterocycles. The number of anilines is 1. The van der Waals surface area contributed by atoms with Crippen molar-refractivity contribution in [2.24, 2.45) is 4.99 Å². The fraction of sp³-hybridized carbons (Fsp3) is 0.364. The number of hydrogen-bond donors (Lipinski definition) is 2. The number of halogens is 1.